The number of amides is 1. The average Bonchev–Trinajstić information content (AvgIpc) is 2.89. The van der Waals surface area contributed by atoms with Gasteiger partial charge in [-0.2, -0.15) is 0 Å². The summed E-state index contributed by atoms with van der Waals surface area (Å²) in [4.78, 5) is 14.6. The van der Waals surface area contributed by atoms with E-state index in [0.29, 0.717) is 23.0 Å². The second-order valence-corrected chi connectivity index (χ2v) is 5.73. The molecule has 0 bridgehead atoms. The Morgan fingerprint density at radius 3 is 2.78 bits per heavy atom. The van der Waals surface area contributed by atoms with Crippen LogP contribution in [0.4, 0.5) is 0 Å². The lowest BCUT2D eigenvalue weighted by molar-refractivity contribution is 0.0682. The Kier molecular flexibility index (Phi) is 3.04. The number of fused-ring (bicyclic) bond motifs is 1. The zero-order chi connectivity index (χ0) is 12.7. The first-order chi connectivity index (χ1) is 8.66. The maximum absolute atomic E-state index is 12.6. The minimum absolute atomic E-state index is 0.135. The average molecular weight is 265 g/mol. The molecule has 0 radical (unpaired) electrons. The van der Waals surface area contributed by atoms with Gasteiger partial charge in [-0.25, -0.2) is 0 Å². The van der Waals surface area contributed by atoms with E-state index in [2.05, 4.69) is 12.2 Å². The minimum Gasteiger partial charge on any atom is -0.331 e. The first-order valence-electron chi connectivity index (χ1n) is 6.46. The molecule has 3 rings (SSSR count). The van der Waals surface area contributed by atoms with Crippen molar-refractivity contribution in [3.8, 4) is 0 Å². The highest BCUT2D eigenvalue weighted by Gasteiger charge is 2.44. The molecule has 1 aromatic rings. The van der Waals surface area contributed by atoms with Crippen molar-refractivity contribution in [1.82, 2.24) is 10.2 Å². The van der Waals surface area contributed by atoms with Crippen LogP contribution >= 0.6 is 11.6 Å². The molecule has 96 valence electrons. The molecule has 3 unspecified atom stereocenters. The fourth-order valence-corrected chi connectivity index (χ4v) is 3.38. The van der Waals surface area contributed by atoms with Crippen LogP contribution in [0, 0.1) is 5.92 Å². The molecule has 2 aliphatic heterocycles. The summed E-state index contributed by atoms with van der Waals surface area (Å²) in [7, 11) is 0. The van der Waals surface area contributed by atoms with Gasteiger partial charge >= 0.3 is 0 Å². The van der Waals surface area contributed by atoms with Crippen LogP contribution in [0.5, 0.6) is 0 Å². The van der Waals surface area contributed by atoms with Crippen molar-refractivity contribution in [2.75, 3.05) is 13.1 Å². The Hall–Kier alpha value is -1.06. The summed E-state index contributed by atoms with van der Waals surface area (Å²) in [6.45, 7) is 4.11. The van der Waals surface area contributed by atoms with Crippen molar-refractivity contribution in [2.24, 2.45) is 5.92 Å². The van der Waals surface area contributed by atoms with Crippen LogP contribution in [0.1, 0.15) is 23.7 Å². The SMILES string of the molecule is CC1CC2CNCC2N1C(=O)c1ccc(Cl)cc1. The topological polar surface area (TPSA) is 32.3 Å². The molecule has 0 saturated carbocycles. The maximum atomic E-state index is 12.6. The Morgan fingerprint density at radius 1 is 1.33 bits per heavy atom. The van der Waals surface area contributed by atoms with Gasteiger partial charge in [-0.15, -0.1) is 0 Å². The van der Waals surface area contributed by atoms with Crippen molar-refractivity contribution in [1.29, 1.82) is 0 Å². The molecule has 1 amide bonds. The highest BCUT2D eigenvalue weighted by Crippen LogP contribution is 2.33. The largest absolute Gasteiger partial charge is 0.331 e. The van der Waals surface area contributed by atoms with E-state index in [1.54, 1.807) is 12.1 Å². The molecular weight excluding hydrogens is 248 g/mol. The van der Waals surface area contributed by atoms with Crippen LogP contribution < -0.4 is 5.32 Å². The van der Waals surface area contributed by atoms with Crippen LogP contribution in [0.25, 0.3) is 0 Å². The second-order valence-electron chi connectivity index (χ2n) is 5.29. The molecule has 0 aromatic heterocycles. The predicted molar refractivity (Wildman–Crippen MR) is 71.8 cm³/mol. The van der Waals surface area contributed by atoms with E-state index in [-0.39, 0.29) is 5.91 Å². The van der Waals surface area contributed by atoms with Gasteiger partial charge in [0.05, 0.1) is 0 Å². The van der Waals surface area contributed by atoms with Gasteiger partial charge in [-0.1, -0.05) is 11.6 Å². The third kappa shape index (κ3) is 1.91. The van der Waals surface area contributed by atoms with Gasteiger partial charge in [0.25, 0.3) is 5.91 Å². The summed E-state index contributed by atoms with van der Waals surface area (Å²) in [6, 6.07) is 7.88. The third-order valence-corrected chi connectivity index (χ3v) is 4.36. The number of hydrogen-bond acceptors (Lipinski definition) is 2. The highest BCUT2D eigenvalue weighted by atomic mass is 35.5. The quantitative estimate of drug-likeness (QED) is 0.843. The lowest BCUT2D eigenvalue weighted by atomic mass is 10.0. The highest BCUT2D eigenvalue weighted by molar-refractivity contribution is 6.30. The van der Waals surface area contributed by atoms with E-state index >= 15 is 0 Å². The third-order valence-electron chi connectivity index (χ3n) is 4.11. The Bertz CT molecular complexity index is 459. The Balaban J connectivity index is 1.85. The van der Waals surface area contributed by atoms with Crippen molar-refractivity contribution >= 4 is 17.5 Å². The molecule has 3 atom stereocenters. The molecule has 2 fully saturated rings. The second kappa shape index (κ2) is 4.56. The zero-order valence-electron chi connectivity index (χ0n) is 10.4. The molecular formula is C14H17ClN2O. The van der Waals surface area contributed by atoms with E-state index in [0.717, 1.165) is 25.1 Å². The van der Waals surface area contributed by atoms with Crippen LogP contribution in [0.3, 0.4) is 0 Å². The maximum Gasteiger partial charge on any atom is 0.254 e. The monoisotopic (exact) mass is 264 g/mol. The minimum atomic E-state index is 0.135. The summed E-state index contributed by atoms with van der Waals surface area (Å²) in [5.41, 5.74) is 0.735. The Labute approximate surface area is 112 Å². The molecule has 4 heteroatoms. The molecule has 0 aliphatic carbocycles. The predicted octanol–water partition coefficient (Wildman–Crippen LogP) is 2.16. The van der Waals surface area contributed by atoms with Gasteiger partial charge in [0, 0.05) is 35.8 Å². The van der Waals surface area contributed by atoms with Gasteiger partial charge < -0.3 is 10.2 Å². The summed E-state index contributed by atoms with van der Waals surface area (Å²) < 4.78 is 0. The number of hydrogen-bond donors (Lipinski definition) is 1. The van der Waals surface area contributed by atoms with E-state index in [4.69, 9.17) is 11.6 Å². The van der Waals surface area contributed by atoms with Gasteiger partial charge in [0.1, 0.15) is 0 Å². The molecule has 18 heavy (non-hydrogen) atoms. The van der Waals surface area contributed by atoms with Crippen molar-refractivity contribution in [3.05, 3.63) is 34.9 Å². The van der Waals surface area contributed by atoms with Gasteiger partial charge in [-0.05, 0) is 43.5 Å². The first-order valence-corrected chi connectivity index (χ1v) is 6.83. The van der Waals surface area contributed by atoms with E-state index in [9.17, 15) is 4.79 Å². The van der Waals surface area contributed by atoms with Gasteiger partial charge in [0.15, 0.2) is 0 Å². The van der Waals surface area contributed by atoms with Crippen LogP contribution in [-0.2, 0) is 0 Å². The summed E-state index contributed by atoms with van der Waals surface area (Å²) in [5.74, 6) is 0.756. The van der Waals surface area contributed by atoms with E-state index < -0.39 is 0 Å². The number of nitrogens with zero attached hydrogens (tertiary/aromatic N) is 1. The molecule has 2 heterocycles. The van der Waals surface area contributed by atoms with Gasteiger partial charge in [0.2, 0.25) is 0 Å². The number of carbonyl (C=O) groups excluding carboxylic acids is 1. The lowest BCUT2D eigenvalue weighted by Crippen LogP contribution is -2.42. The van der Waals surface area contributed by atoms with Gasteiger partial charge in [-0.3, -0.25) is 4.79 Å². The molecule has 2 aliphatic rings. The van der Waals surface area contributed by atoms with Crippen molar-refractivity contribution in [3.63, 3.8) is 0 Å². The molecule has 2 saturated heterocycles. The molecule has 1 N–H and O–H groups in total. The van der Waals surface area contributed by atoms with Crippen LogP contribution in [0.2, 0.25) is 5.02 Å². The molecule has 1 aromatic carbocycles. The molecule has 3 nitrogen and oxygen atoms in total. The Morgan fingerprint density at radius 2 is 2.06 bits per heavy atom. The standard InChI is InChI=1S/C14H17ClN2O/c1-9-6-11-7-16-8-13(11)17(9)14(18)10-2-4-12(15)5-3-10/h2-5,9,11,13,16H,6-8H2,1H3. The number of nitrogens with one attached hydrogen (secondary N) is 1. The number of benzene rings is 1. The van der Waals surface area contributed by atoms with E-state index in [1.807, 2.05) is 17.0 Å². The first kappa shape index (κ1) is 12.0. The fourth-order valence-electron chi connectivity index (χ4n) is 3.26. The number of carbonyl (C=O) groups is 1. The van der Waals surface area contributed by atoms with E-state index in [1.165, 1.54) is 0 Å². The van der Waals surface area contributed by atoms with Crippen molar-refractivity contribution in [2.45, 2.75) is 25.4 Å². The zero-order valence-corrected chi connectivity index (χ0v) is 11.2. The van der Waals surface area contributed by atoms with Crippen LogP contribution in [-0.4, -0.2) is 36.0 Å². The summed E-state index contributed by atoms with van der Waals surface area (Å²) in [6.07, 6.45) is 1.11. The fraction of sp³-hybridized carbons (Fsp3) is 0.500. The number of rotatable bonds is 1. The molecule has 0 spiro atoms. The number of halogens is 1. The summed E-state index contributed by atoms with van der Waals surface area (Å²) >= 11 is 5.86. The smallest absolute Gasteiger partial charge is 0.254 e. The lowest BCUT2D eigenvalue weighted by Gasteiger charge is -2.27. The normalized spacial score (nSPS) is 30.6. The summed E-state index contributed by atoms with van der Waals surface area (Å²) in [5, 5.41) is 4.04. The van der Waals surface area contributed by atoms with Crippen molar-refractivity contribution < 1.29 is 4.79 Å². The number of likely N-dealkylation sites (tertiary alicyclic amines) is 1. The van der Waals surface area contributed by atoms with Crippen LogP contribution in [0.15, 0.2) is 24.3 Å².